The predicted molar refractivity (Wildman–Crippen MR) is 106 cm³/mol. The molecule has 7 nitrogen and oxygen atoms in total. The van der Waals surface area contributed by atoms with Crippen LogP contribution in [0.1, 0.15) is 23.2 Å². The van der Waals surface area contributed by atoms with Gasteiger partial charge in [0.05, 0.1) is 24.6 Å². The Morgan fingerprint density at radius 3 is 3.07 bits per heavy atom. The summed E-state index contributed by atoms with van der Waals surface area (Å²) in [7, 11) is 1.97. The van der Waals surface area contributed by atoms with E-state index in [1.165, 1.54) is 5.69 Å². The molecule has 1 aliphatic heterocycles. The number of halogens is 1. The second kappa shape index (κ2) is 8.77. The highest BCUT2D eigenvalue weighted by Gasteiger charge is 2.24. The molecule has 0 amide bonds. The Hall–Kier alpha value is -2.35. The summed E-state index contributed by atoms with van der Waals surface area (Å²) < 4.78 is 13.6. The van der Waals surface area contributed by atoms with Crippen LogP contribution in [0.15, 0.2) is 42.6 Å². The maximum absolute atomic E-state index is 5.98. The number of rotatable bonds is 7. The number of nitrogens with one attached hydrogen (secondary N) is 1. The topological polar surface area (TPSA) is 68.2 Å². The van der Waals surface area contributed by atoms with Gasteiger partial charge in [0.2, 0.25) is 0 Å². The molecule has 0 aliphatic carbocycles. The number of aryl methyl sites for hydroxylation is 1. The molecule has 2 aromatic heterocycles. The quantitative estimate of drug-likeness (QED) is 0.659. The molecule has 0 spiro atoms. The number of morpholine rings is 1. The standard InChI is InChI=1S/C20H24ClN5O2/c1-25-17(5-7-22-25)13-26-8-10-28-20(14-26)19-12-16(23-24-19)6-9-27-18-4-2-3-15(21)11-18/h2-5,7,11-12,20H,6,8-10,13-14H2,1H3,(H,23,24). The van der Waals surface area contributed by atoms with Crippen molar-refractivity contribution in [2.24, 2.45) is 7.05 Å². The van der Waals surface area contributed by atoms with Gasteiger partial charge in [0.25, 0.3) is 0 Å². The van der Waals surface area contributed by atoms with Crippen LogP contribution in [0.3, 0.4) is 0 Å². The van der Waals surface area contributed by atoms with Gasteiger partial charge in [-0.05, 0) is 30.3 Å². The molecular weight excluding hydrogens is 378 g/mol. The van der Waals surface area contributed by atoms with Crippen molar-refractivity contribution in [1.82, 2.24) is 24.9 Å². The number of aromatic amines is 1. The molecule has 1 aliphatic rings. The highest BCUT2D eigenvalue weighted by molar-refractivity contribution is 6.30. The molecule has 0 bridgehead atoms. The molecule has 8 heteroatoms. The second-order valence-electron chi connectivity index (χ2n) is 6.91. The monoisotopic (exact) mass is 401 g/mol. The number of aromatic nitrogens is 4. The molecule has 1 atom stereocenters. The van der Waals surface area contributed by atoms with Crippen molar-refractivity contribution in [3.05, 3.63) is 64.7 Å². The number of H-pyrrole nitrogens is 1. The first-order valence-electron chi connectivity index (χ1n) is 9.41. The Bertz CT molecular complexity index is 909. The Morgan fingerprint density at radius 1 is 1.32 bits per heavy atom. The molecule has 3 heterocycles. The van der Waals surface area contributed by atoms with Gasteiger partial charge in [-0.15, -0.1) is 0 Å². The van der Waals surface area contributed by atoms with Crippen LogP contribution in [0.4, 0.5) is 0 Å². The third-order valence-corrected chi connectivity index (χ3v) is 5.11. The minimum Gasteiger partial charge on any atom is -0.493 e. The lowest BCUT2D eigenvalue weighted by Gasteiger charge is -2.31. The van der Waals surface area contributed by atoms with Gasteiger partial charge in [-0.3, -0.25) is 14.7 Å². The zero-order valence-electron chi connectivity index (χ0n) is 15.8. The number of ether oxygens (including phenoxy) is 2. The Morgan fingerprint density at radius 2 is 2.25 bits per heavy atom. The number of hydrogen-bond acceptors (Lipinski definition) is 5. The van der Waals surface area contributed by atoms with E-state index in [2.05, 4.69) is 32.3 Å². The largest absolute Gasteiger partial charge is 0.493 e. The summed E-state index contributed by atoms with van der Waals surface area (Å²) >= 11 is 5.98. The zero-order valence-corrected chi connectivity index (χ0v) is 16.6. The number of nitrogens with zero attached hydrogens (tertiary/aromatic N) is 4. The summed E-state index contributed by atoms with van der Waals surface area (Å²) in [5.74, 6) is 0.772. The van der Waals surface area contributed by atoms with Crippen molar-refractivity contribution < 1.29 is 9.47 Å². The number of hydrogen-bond donors (Lipinski definition) is 1. The van der Waals surface area contributed by atoms with Gasteiger partial charge in [0.1, 0.15) is 11.9 Å². The van der Waals surface area contributed by atoms with Crippen LogP contribution < -0.4 is 4.74 Å². The first kappa shape index (κ1) is 19.0. The van der Waals surface area contributed by atoms with Gasteiger partial charge in [-0.2, -0.15) is 10.2 Å². The van der Waals surface area contributed by atoms with Crippen LogP contribution in [0.2, 0.25) is 5.02 Å². The van der Waals surface area contributed by atoms with Gasteiger partial charge in [-0.25, -0.2) is 0 Å². The summed E-state index contributed by atoms with van der Waals surface area (Å²) in [6.45, 7) is 3.84. The Kier molecular flexibility index (Phi) is 5.95. The average molecular weight is 402 g/mol. The maximum Gasteiger partial charge on any atom is 0.120 e. The van der Waals surface area contributed by atoms with Crippen molar-refractivity contribution in [2.75, 3.05) is 26.3 Å². The first-order valence-corrected chi connectivity index (χ1v) is 9.78. The van der Waals surface area contributed by atoms with Gasteiger partial charge in [0.15, 0.2) is 0 Å². The van der Waals surface area contributed by atoms with Gasteiger partial charge in [0, 0.05) is 50.0 Å². The molecule has 1 unspecified atom stereocenters. The van der Waals surface area contributed by atoms with Crippen molar-refractivity contribution in [3.8, 4) is 5.75 Å². The molecule has 1 aromatic carbocycles. The summed E-state index contributed by atoms with van der Waals surface area (Å²) in [5, 5.41) is 12.5. The summed E-state index contributed by atoms with van der Waals surface area (Å²) in [6.07, 6.45) is 2.55. The van der Waals surface area contributed by atoms with E-state index in [0.29, 0.717) is 18.2 Å². The van der Waals surface area contributed by atoms with E-state index in [1.54, 1.807) is 0 Å². The molecule has 0 saturated carbocycles. The highest BCUT2D eigenvalue weighted by Crippen LogP contribution is 2.23. The van der Waals surface area contributed by atoms with Gasteiger partial charge >= 0.3 is 0 Å². The normalized spacial score (nSPS) is 17.7. The molecule has 1 saturated heterocycles. The fourth-order valence-corrected chi connectivity index (χ4v) is 3.50. The minimum absolute atomic E-state index is 0.0270. The lowest BCUT2D eigenvalue weighted by molar-refractivity contribution is -0.0356. The second-order valence-corrected chi connectivity index (χ2v) is 7.35. The molecule has 0 radical (unpaired) electrons. The van der Waals surface area contributed by atoms with Gasteiger partial charge < -0.3 is 9.47 Å². The van der Waals surface area contributed by atoms with E-state index in [0.717, 1.165) is 43.2 Å². The van der Waals surface area contributed by atoms with Crippen molar-refractivity contribution in [3.63, 3.8) is 0 Å². The third kappa shape index (κ3) is 4.73. The van der Waals surface area contributed by atoms with Crippen molar-refractivity contribution in [2.45, 2.75) is 19.1 Å². The summed E-state index contributed by atoms with van der Waals surface area (Å²) in [4.78, 5) is 2.38. The Balaban J connectivity index is 1.30. The lowest BCUT2D eigenvalue weighted by atomic mass is 10.2. The van der Waals surface area contributed by atoms with Crippen molar-refractivity contribution >= 4 is 11.6 Å². The smallest absolute Gasteiger partial charge is 0.120 e. The predicted octanol–water partition coefficient (Wildman–Crippen LogP) is 2.99. The average Bonchev–Trinajstić information content (AvgIpc) is 3.32. The first-order chi connectivity index (χ1) is 13.7. The van der Waals surface area contributed by atoms with E-state index in [4.69, 9.17) is 21.1 Å². The van der Waals surface area contributed by atoms with Crippen molar-refractivity contribution in [1.29, 1.82) is 0 Å². The molecule has 3 aromatic rings. The molecule has 28 heavy (non-hydrogen) atoms. The number of benzene rings is 1. The van der Waals surface area contributed by atoms with Crippen LogP contribution in [-0.4, -0.2) is 51.2 Å². The van der Waals surface area contributed by atoms with E-state index in [-0.39, 0.29) is 6.10 Å². The summed E-state index contributed by atoms with van der Waals surface area (Å²) in [6, 6.07) is 11.5. The fraction of sp³-hybridized carbons (Fsp3) is 0.400. The SMILES string of the molecule is Cn1nccc1CN1CCOC(c2cc(CCOc3cccc(Cl)c3)[nH]n2)C1. The summed E-state index contributed by atoms with van der Waals surface area (Å²) in [5.41, 5.74) is 3.17. The van der Waals surface area contributed by atoms with Crippen LogP contribution in [0.5, 0.6) is 5.75 Å². The van der Waals surface area contributed by atoms with Gasteiger partial charge in [-0.1, -0.05) is 17.7 Å². The molecule has 148 valence electrons. The molecule has 1 N–H and O–H groups in total. The molecule has 1 fully saturated rings. The maximum atomic E-state index is 5.98. The van der Waals surface area contributed by atoms with E-state index in [9.17, 15) is 0 Å². The van der Waals surface area contributed by atoms with E-state index >= 15 is 0 Å². The van der Waals surface area contributed by atoms with Crippen LogP contribution in [0, 0.1) is 0 Å². The molecule has 4 rings (SSSR count). The van der Waals surface area contributed by atoms with E-state index < -0.39 is 0 Å². The zero-order chi connectivity index (χ0) is 19.3. The minimum atomic E-state index is -0.0270. The third-order valence-electron chi connectivity index (χ3n) is 4.88. The highest BCUT2D eigenvalue weighted by atomic mass is 35.5. The Labute approximate surface area is 169 Å². The van der Waals surface area contributed by atoms with E-state index in [1.807, 2.05) is 42.2 Å². The fourth-order valence-electron chi connectivity index (χ4n) is 3.32. The molecular formula is C20H24ClN5O2. The van der Waals surface area contributed by atoms with Crippen LogP contribution in [-0.2, 0) is 24.8 Å². The lowest BCUT2D eigenvalue weighted by Crippen LogP contribution is -2.38. The van der Waals surface area contributed by atoms with Crippen LogP contribution in [0.25, 0.3) is 0 Å². The van der Waals surface area contributed by atoms with Crippen LogP contribution >= 0.6 is 11.6 Å².